The summed E-state index contributed by atoms with van der Waals surface area (Å²) in [5.41, 5.74) is 3.14. The van der Waals surface area contributed by atoms with Crippen LogP contribution in [0.1, 0.15) is 69.8 Å². The molecule has 2 N–H and O–H groups in total. The number of alkyl halides is 3. The number of rotatable bonds is 4. The Morgan fingerprint density at radius 3 is 1.97 bits per heavy atom. The van der Waals surface area contributed by atoms with Crippen molar-refractivity contribution in [1.82, 2.24) is 10.2 Å². The molecule has 0 aliphatic carbocycles. The van der Waals surface area contributed by atoms with Crippen LogP contribution in [0.2, 0.25) is 0 Å². The van der Waals surface area contributed by atoms with Crippen molar-refractivity contribution < 1.29 is 23.0 Å². The highest BCUT2D eigenvalue weighted by Gasteiger charge is 2.33. The minimum Gasteiger partial charge on any atom is -0.507 e. The summed E-state index contributed by atoms with van der Waals surface area (Å²) < 4.78 is 42.0. The molecule has 0 radical (unpaired) electrons. The van der Waals surface area contributed by atoms with Crippen molar-refractivity contribution in [2.45, 2.75) is 64.8 Å². The van der Waals surface area contributed by atoms with Gasteiger partial charge in [-0.05, 0) is 45.7 Å². The highest BCUT2D eigenvalue weighted by atomic mass is 19.4. The first-order valence-electron chi connectivity index (χ1n) is 11.3. The van der Waals surface area contributed by atoms with Gasteiger partial charge in [-0.25, -0.2) is 0 Å². The van der Waals surface area contributed by atoms with Gasteiger partial charge in [0.25, 0.3) is 0 Å². The number of hydrogen-bond acceptors (Lipinski definition) is 4. The number of nitrogens with one attached hydrogen (secondary N) is 1. The second-order valence-corrected chi connectivity index (χ2v) is 10.8. The van der Waals surface area contributed by atoms with Crippen molar-refractivity contribution in [3.05, 3.63) is 58.7 Å². The smallest absolute Gasteiger partial charge is 0.507 e. The van der Waals surface area contributed by atoms with Gasteiger partial charge in [-0.3, -0.25) is 4.90 Å². The molecular weight excluding hydrogens is 429 g/mol. The number of ether oxygens (including phenoxy) is 1. The van der Waals surface area contributed by atoms with Gasteiger partial charge in [-0.1, -0.05) is 59.7 Å². The van der Waals surface area contributed by atoms with Crippen LogP contribution in [0, 0.1) is 0 Å². The number of phenols is 1. The molecule has 1 aliphatic rings. The predicted octanol–water partition coefficient (Wildman–Crippen LogP) is 5.88. The fourth-order valence-corrected chi connectivity index (χ4v) is 4.25. The lowest BCUT2D eigenvalue weighted by Crippen LogP contribution is -2.45. The number of hydrogen-bond donors (Lipinski definition) is 2. The number of phenolic OH excluding ortho intramolecular Hbond substituents is 1. The van der Waals surface area contributed by atoms with E-state index in [1.54, 1.807) is 12.1 Å². The van der Waals surface area contributed by atoms with Gasteiger partial charge < -0.3 is 15.2 Å². The Bertz CT molecular complexity index is 952. The number of nitrogens with zero attached hydrogens (tertiary/aromatic N) is 1. The molecule has 7 heteroatoms. The summed E-state index contributed by atoms with van der Waals surface area (Å²) in [5.74, 6) is -0.0111. The highest BCUT2D eigenvalue weighted by Crippen LogP contribution is 2.43. The zero-order valence-corrected chi connectivity index (χ0v) is 20.3. The Balaban J connectivity index is 2.17. The number of aromatic hydroxyl groups is 1. The molecule has 2 aromatic carbocycles. The van der Waals surface area contributed by atoms with Crippen molar-refractivity contribution in [3.63, 3.8) is 0 Å². The summed E-state index contributed by atoms with van der Waals surface area (Å²) in [6.07, 6.45) is -4.74. The standard InChI is InChI=1S/C26H35F3N2O2/c1-24(2,3)18-15-20(23(32)21(16-18)25(4,5)6)22(31-13-11-30-12-14-31)17-7-9-19(10-8-17)33-26(27,28)29/h7-10,15-16,22,30,32H,11-14H2,1-6H3/t22-/m0/s1. The first kappa shape index (κ1) is 25.4. The summed E-state index contributed by atoms with van der Waals surface area (Å²) >= 11 is 0. The molecule has 2 aromatic rings. The molecule has 0 saturated carbocycles. The van der Waals surface area contributed by atoms with Crippen LogP contribution in [0.4, 0.5) is 13.2 Å². The summed E-state index contributed by atoms with van der Waals surface area (Å²) in [4.78, 5) is 2.27. The van der Waals surface area contributed by atoms with E-state index in [1.807, 2.05) is 0 Å². The largest absolute Gasteiger partial charge is 0.573 e. The first-order valence-corrected chi connectivity index (χ1v) is 11.3. The van der Waals surface area contributed by atoms with Crippen LogP contribution in [-0.4, -0.2) is 42.5 Å². The van der Waals surface area contributed by atoms with E-state index in [9.17, 15) is 18.3 Å². The van der Waals surface area contributed by atoms with Crippen LogP contribution < -0.4 is 10.1 Å². The normalized spacial score (nSPS) is 17.1. The van der Waals surface area contributed by atoms with E-state index < -0.39 is 6.36 Å². The minimum atomic E-state index is -4.74. The Morgan fingerprint density at radius 2 is 1.48 bits per heavy atom. The number of piperazine rings is 1. The molecule has 182 valence electrons. The second-order valence-electron chi connectivity index (χ2n) is 10.8. The van der Waals surface area contributed by atoms with Gasteiger partial charge >= 0.3 is 6.36 Å². The molecule has 0 unspecified atom stereocenters. The first-order chi connectivity index (χ1) is 15.2. The average Bonchev–Trinajstić information content (AvgIpc) is 2.68. The van der Waals surface area contributed by atoms with Gasteiger partial charge in [0.1, 0.15) is 11.5 Å². The predicted molar refractivity (Wildman–Crippen MR) is 125 cm³/mol. The summed E-state index contributed by atoms with van der Waals surface area (Å²) in [7, 11) is 0. The molecule has 0 bridgehead atoms. The molecule has 0 aromatic heterocycles. The lowest BCUT2D eigenvalue weighted by Gasteiger charge is -2.37. The van der Waals surface area contributed by atoms with Gasteiger partial charge in [0, 0.05) is 31.7 Å². The van der Waals surface area contributed by atoms with Crippen LogP contribution in [0.5, 0.6) is 11.5 Å². The van der Waals surface area contributed by atoms with Gasteiger partial charge in [0.15, 0.2) is 0 Å². The maximum absolute atomic E-state index is 12.7. The molecule has 3 rings (SSSR count). The minimum absolute atomic E-state index is 0.138. The second kappa shape index (κ2) is 9.18. The highest BCUT2D eigenvalue weighted by molar-refractivity contribution is 5.52. The topological polar surface area (TPSA) is 44.7 Å². The lowest BCUT2D eigenvalue weighted by molar-refractivity contribution is -0.274. The van der Waals surface area contributed by atoms with Gasteiger partial charge in [-0.2, -0.15) is 0 Å². The van der Waals surface area contributed by atoms with Crippen molar-refractivity contribution in [3.8, 4) is 11.5 Å². The molecular formula is C26H35F3N2O2. The molecule has 33 heavy (non-hydrogen) atoms. The third-order valence-electron chi connectivity index (χ3n) is 6.05. The van der Waals surface area contributed by atoms with E-state index in [4.69, 9.17) is 0 Å². The van der Waals surface area contributed by atoms with Crippen LogP contribution >= 0.6 is 0 Å². The van der Waals surface area contributed by atoms with E-state index >= 15 is 0 Å². The van der Waals surface area contributed by atoms with Crippen LogP contribution in [-0.2, 0) is 10.8 Å². The van der Waals surface area contributed by atoms with Crippen LogP contribution in [0.3, 0.4) is 0 Å². The molecule has 1 fully saturated rings. The third-order valence-corrected chi connectivity index (χ3v) is 6.05. The summed E-state index contributed by atoms with van der Waals surface area (Å²) in [5, 5.41) is 14.8. The quantitative estimate of drug-likeness (QED) is 0.593. The molecule has 1 atom stereocenters. The molecule has 4 nitrogen and oxygen atoms in total. The molecule has 0 amide bonds. The molecule has 0 spiro atoms. The van der Waals surface area contributed by atoms with E-state index in [0.29, 0.717) is 0 Å². The number of benzene rings is 2. The van der Waals surface area contributed by atoms with Gasteiger partial charge in [0.05, 0.1) is 6.04 Å². The van der Waals surface area contributed by atoms with Crippen LogP contribution in [0.15, 0.2) is 36.4 Å². The molecule has 1 aliphatic heterocycles. The van der Waals surface area contributed by atoms with Crippen molar-refractivity contribution >= 4 is 0 Å². The monoisotopic (exact) mass is 464 g/mol. The van der Waals surface area contributed by atoms with Gasteiger partial charge in [-0.15, -0.1) is 13.2 Å². The molecule has 1 heterocycles. The van der Waals surface area contributed by atoms with E-state index in [0.717, 1.165) is 48.4 Å². The maximum atomic E-state index is 12.7. The van der Waals surface area contributed by atoms with Crippen molar-refractivity contribution in [2.75, 3.05) is 26.2 Å². The average molecular weight is 465 g/mol. The van der Waals surface area contributed by atoms with Gasteiger partial charge in [0.2, 0.25) is 0 Å². The third kappa shape index (κ3) is 6.21. The van der Waals surface area contributed by atoms with Crippen molar-refractivity contribution in [2.24, 2.45) is 0 Å². The zero-order chi connectivity index (χ0) is 24.6. The zero-order valence-electron chi connectivity index (χ0n) is 20.3. The SMILES string of the molecule is CC(C)(C)c1cc([C@H](c2ccc(OC(F)(F)F)cc2)N2CCNCC2)c(O)c(C(C)(C)C)c1. The van der Waals surface area contributed by atoms with E-state index in [1.165, 1.54) is 12.1 Å². The van der Waals surface area contributed by atoms with E-state index in [-0.39, 0.29) is 28.4 Å². The van der Waals surface area contributed by atoms with Crippen LogP contribution in [0.25, 0.3) is 0 Å². The Kier molecular flexibility index (Phi) is 7.06. The van der Waals surface area contributed by atoms with E-state index in [2.05, 4.69) is 68.6 Å². The lowest BCUT2D eigenvalue weighted by atomic mass is 9.77. The Morgan fingerprint density at radius 1 is 0.909 bits per heavy atom. The summed E-state index contributed by atoms with van der Waals surface area (Å²) in [6, 6.07) is 9.84. The Hall–Kier alpha value is -2.25. The fourth-order valence-electron chi connectivity index (χ4n) is 4.25. The molecule has 1 saturated heterocycles. The maximum Gasteiger partial charge on any atom is 0.573 e. The van der Waals surface area contributed by atoms with Crippen molar-refractivity contribution in [1.29, 1.82) is 0 Å². The Labute approximate surface area is 194 Å². The fraction of sp³-hybridized carbons (Fsp3) is 0.538. The summed E-state index contributed by atoms with van der Waals surface area (Å²) in [6.45, 7) is 15.8. The number of halogens is 3.